The second kappa shape index (κ2) is 5.79. The molecule has 4 nitrogen and oxygen atoms in total. The summed E-state index contributed by atoms with van der Waals surface area (Å²) in [6, 6.07) is 7.49. The van der Waals surface area contributed by atoms with Gasteiger partial charge in [-0.1, -0.05) is 28.1 Å². The van der Waals surface area contributed by atoms with E-state index in [2.05, 4.69) is 26.2 Å². The lowest BCUT2D eigenvalue weighted by molar-refractivity contribution is -0.143. The first-order chi connectivity index (χ1) is 9.02. The van der Waals surface area contributed by atoms with Crippen LogP contribution in [0.4, 0.5) is 0 Å². The largest absolute Gasteiger partial charge is 0.468 e. The number of hydrogen-bond acceptors (Lipinski definition) is 3. The zero-order valence-corrected chi connectivity index (χ0v) is 12.9. The Bertz CT molecular complexity index is 559. The molecular formula is C13H13BrN2O2S. The van der Waals surface area contributed by atoms with Gasteiger partial charge in [0.05, 0.1) is 13.2 Å². The second-order valence-electron chi connectivity index (χ2n) is 4.24. The van der Waals surface area contributed by atoms with Gasteiger partial charge in [0.1, 0.15) is 5.92 Å². The molecule has 0 amide bonds. The Hall–Kier alpha value is -1.27. The number of aliphatic imine (C=N–C) groups is 1. The van der Waals surface area contributed by atoms with Gasteiger partial charge in [0.2, 0.25) is 0 Å². The van der Waals surface area contributed by atoms with E-state index in [1.165, 1.54) is 7.11 Å². The molecule has 1 aromatic carbocycles. The van der Waals surface area contributed by atoms with Crippen LogP contribution in [0.5, 0.6) is 0 Å². The number of thiocarbonyl (C=S) groups is 1. The summed E-state index contributed by atoms with van der Waals surface area (Å²) in [6.07, 6.45) is 0. The number of nitrogens with one attached hydrogen (secondary N) is 1. The SMILES string of the molecule is COC(=O)C1C(C)=NC(=S)NC1c1cccc(Br)c1. The fourth-order valence-corrected chi connectivity index (χ4v) is 2.82. The number of carbonyl (C=O) groups is 1. The Morgan fingerprint density at radius 2 is 2.26 bits per heavy atom. The summed E-state index contributed by atoms with van der Waals surface area (Å²) in [5, 5.41) is 3.47. The van der Waals surface area contributed by atoms with Gasteiger partial charge in [0.25, 0.3) is 0 Å². The number of esters is 1. The highest BCUT2D eigenvalue weighted by atomic mass is 79.9. The van der Waals surface area contributed by atoms with Crippen molar-refractivity contribution in [1.29, 1.82) is 0 Å². The van der Waals surface area contributed by atoms with Crippen LogP contribution in [0.1, 0.15) is 18.5 Å². The number of benzene rings is 1. The smallest absolute Gasteiger partial charge is 0.316 e. The fourth-order valence-electron chi connectivity index (χ4n) is 2.13. The van der Waals surface area contributed by atoms with Crippen LogP contribution < -0.4 is 5.32 Å². The van der Waals surface area contributed by atoms with Gasteiger partial charge in [-0.15, -0.1) is 0 Å². The number of ether oxygens (including phenoxy) is 1. The van der Waals surface area contributed by atoms with Gasteiger partial charge in [-0.3, -0.25) is 4.79 Å². The van der Waals surface area contributed by atoms with Crippen LogP contribution in [0.3, 0.4) is 0 Å². The normalized spacial score (nSPS) is 22.5. The van der Waals surface area contributed by atoms with Crippen molar-refractivity contribution < 1.29 is 9.53 Å². The first-order valence-corrected chi connectivity index (χ1v) is 6.92. The summed E-state index contributed by atoms with van der Waals surface area (Å²) in [5.41, 5.74) is 1.63. The monoisotopic (exact) mass is 340 g/mol. The number of nitrogens with zero attached hydrogens (tertiary/aromatic N) is 1. The van der Waals surface area contributed by atoms with E-state index in [1.54, 1.807) is 6.92 Å². The van der Waals surface area contributed by atoms with Gasteiger partial charge in [-0.05, 0) is 36.8 Å². The lowest BCUT2D eigenvalue weighted by atomic mass is 9.88. The zero-order valence-electron chi connectivity index (χ0n) is 10.5. The van der Waals surface area contributed by atoms with E-state index in [4.69, 9.17) is 17.0 Å². The minimum absolute atomic E-state index is 0.255. The summed E-state index contributed by atoms with van der Waals surface area (Å²) in [4.78, 5) is 16.1. The molecule has 1 heterocycles. The molecule has 2 atom stereocenters. The predicted octanol–water partition coefficient (Wildman–Crippen LogP) is 2.63. The number of carbonyl (C=O) groups excluding carboxylic acids is 1. The summed E-state index contributed by atoms with van der Waals surface area (Å²) < 4.78 is 5.81. The second-order valence-corrected chi connectivity index (χ2v) is 5.54. The maximum atomic E-state index is 12.0. The molecule has 1 N–H and O–H groups in total. The molecule has 0 aliphatic carbocycles. The third-order valence-electron chi connectivity index (χ3n) is 3.00. The summed E-state index contributed by atoms with van der Waals surface area (Å²) >= 11 is 8.53. The van der Waals surface area contributed by atoms with E-state index in [0.29, 0.717) is 10.8 Å². The van der Waals surface area contributed by atoms with Crippen LogP contribution in [-0.4, -0.2) is 23.9 Å². The maximum Gasteiger partial charge on any atom is 0.316 e. The van der Waals surface area contributed by atoms with E-state index < -0.39 is 5.92 Å². The standard InChI is InChI=1S/C13H13BrN2O2S/c1-7-10(12(17)18-2)11(16-13(19)15-7)8-4-3-5-9(14)6-8/h3-6,10-11H,1-2H3,(H,16,19). The predicted molar refractivity (Wildman–Crippen MR) is 81.2 cm³/mol. The Morgan fingerprint density at radius 3 is 2.89 bits per heavy atom. The Kier molecular flexibility index (Phi) is 4.31. The molecule has 2 rings (SSSR count). The average Bonchev–Trinajstić information content (AvgIpc) is 2.37. The van der Waals surface area contributed by atoms with E-state index >= 15 is 0 Å². The molecule has 2 unspecified atom stereocenters. The van der Waals surface area contributed by atoms with Crippen molar-refractivity contribution in [3.63, 3.8) is 0 Å². The Labute approximate surface area is 125 Å². The van der Waals surface area contributed by atoms with E-state index in [1.807, 2.05) is 24.3 Å². The Balaban J connectivity index is 2.44. The average molecular weight is 341 g/mol. The molecule has 0 spiro atoms. The quantitative estimate of drug-likeness (QED) is 0.664. The van der Waals surface area contributed by atoms with Crippen LogP contribution >= 0.6 is 28.1 Å². The van der Waals surface area contributed by atoms with Gasteiger partial charge < -0.3 is 10.1 Å². The van der Waals surface area contributed by atoms with Gasteiger partial charge in [-0.2, -0.15) is 0 Å². The maximum absolute atomic E-state index is 12.0. The molecule has 6 heteroatoms. The molecule has 0 fully saturated rings. The zero-order chi connectivity index (χ0) is 14.0. The first kappa shape index (κ1) is 14.1. The number of rotatable bonds is 2. The lowest BCUT2D eigenvalue weighted by Crippen LogP contribution is -2.43. The molecule has 1 aliphatic heterocycles. The van der Waals surface area contributed by atoms with Crippen LogP contribution in [-0.2, 0) is 9.53 Å². The molecule has 100 valence electrons. The van der Waals surface area contributed by atoms with Gasteiger partial charge in [-0.25, -0.2) is 4.99 Å². The fraction of sp³-hybridized carbons (Fsp3) is 0.308. The van der Waals surface area contributed by atoms with Crippen molar-refractivity contribution in [3.8, 4) is 0 Å². The van der Waals surface area contributed by atoms with Crippen LogP contribution in [0.25, 0.3) is 0 Å². The third-order valence-corrected chi connectivity index (χ3v) is 3.71. The van der Waals surface area contributed by atoms with E-state index in [0.717, 1.165) is 10.0 Å². The molecule has 0 saturated heterocycles. The van der Waals surface area contributed by atoms with Crippen molar-refractivity contribution in [2.75, 3.05) is 7.11 Å². The minimum Gasteiger partial charge on any atom is -0.468 e. The molecule has 1 aromatic rings. The first-order valence-electron chi connectivity index (χ1n) is 5.72. The molecule has 1 aliphatic rings. The van der Waals surface area contributed by atoms with Crippen molar-refractivity contribution in [3.05, 3.63) is 34.3 Å². The highest BCUT2D eigenvalue weighted by Crippen LogP contribution is 2.29. The number of hydrogen-bond donors (Lipinski definition) is 1. The van der Waals surface area contributed by atoms with Crippen LogP contribution in [0, 0.1) is 5.92 Å². The Morgan fingerprint density at radius 1 is 1.53 bits per heavy atom. The van der Waals surface area contributed by atoms with Crippen molar-refractivity contribution in [2.45, 2.75) is 13.0 Å². The van der Waals surface area contributed by atoms with Gasteiger partial charge in [0, 0.05) is 10.2 Å². The highest BCUT2D eigenvalue weighted by molar-refractivity contribution is 9.10. The van der Waals surface area contributed by atoms with Crippen molar-refractivity contribution in [1.82, 2.24) is 5.32 Å². The summed E-state index contributed by atoms with van der Waals surface area (Å²) in [7, 11) is 1.38. The topological polar surface area (TPSA) is 50.7 Å². The van der Waals surface area contributed by atoms with Crippen molar-refractivity contribution in [2.24, 2.45) is 10.9 Å². The molecule has 0 aromatic heterocycles. The van der Waals surface area contributed by atoms with Crippen molar-refractivity contribution >= 4 is 44.9 Å². The molecule has 0 radical (unpaired) electrons. The summed E-state index contributed by atoms with van der Waals surface area (Å²) in [6.45, 7) is 1.79. The van der Waals surface area contributed by atoms with E-state index in [-0.39, 0.29) is 12.0 Å². The van der Waals surface area contributed by atoms with Crippen LogP contribution in [0.2, 0.25) is 0 Å². The number of halogens is 1. The molecule has 19 heavy (non-hydrogen) atoms. The highest BCUT2D eigenvalue weighted by Gasteiger charge is 2.36. The minimum atomic E-state index is -0.467. The van der Waals surface area contributed by atoms with Gasteiger partial charge >= 0.3 is 5.97 Å². The molecular weight excluding hydrogens is 328 g/mol. The lowest BCUT2D eigenvalue weighted by Gasteiger charge is -2.30. The molecule has 0 bridgehead atoms. The van der Waals surface area contributed by atoms with Crippen LogP contribution in [0.15, 0.2) is 33.7 Å². The summed E-state index contributed by atoms with van der Waals surface area (Å²) in [5.74, 6) is -0.785. The number of methoxy groups -OCH3 is 1. The van der Waals surface area contributed by atoms with E-state index in [9.17, 15) is 4.79 Å². The molecule has 0 saturated carbocycles. The van der Waals surface area contributed by atoms with Gasteiger partial charge in [0.15, 0.2) is 5.11 Å². The third kappa shape index (κ3) is 3.01.